The van der Waals surface area contributed by atoms with Crippen LogP contribution in [0.15, 0.2) is 42.5 Å². The Kier molecular flexibility index (Phi) is 6.63. The zero-order valence-electron chi connectivity index (χ0n) is 14.3. The van der Waals surface area contributed by atoms with E-state index < -0.39 is 0 Å². The number of rotatable bonds is 9. The normalized spacial score (nSPS) is 10.3. The minimum atomic E-state index is 0.0137. The first-order chi connectivity index (χ1) is 11.7. The summed E-state index contributed by atoms with van der Waals surface area (Å²) in [4.78, 5) is 12.2. The van der Waals surface area contributed by atoms with Gasteiger partial charge in [0.15, 0.2) is 17.3 Å². The second-order valence-corrected chi connectivity index (χ2v) is 5.24. The molecule has 24 heavy (non-hydrogen) atoms. The van der Waals surface area contributed by atoms with Crippen LogP contribution in [0.25, 0.3) is 0 Å². The van der Waals surface area contributed by atoms with Crippen LogP contribution in [-0.2, 0) is 6.42 Å². The number of ketones is 1. The molecule has 2 rings (SSSR count). The van der Waals surface area contributed by atoms with Crippen LogP contribution in [-0.4, -0.2) is 40.2 Å². The van der Waals surface area contributed by atoms with E-state index in [1.54, 1.807) is 33.5 Å². The molecule has 0 amide bonds. The van der Waals surface area contributed by atoms with Gasteiger partial charge in [-0.2, -0.15) is 0 Å². The van der Waals surface area contributed by atoms with E-state index in [0.29, 0.717) is 29.4 Å². The van der Waals surface area contributed by atoms with Crippen molar-refractivity contribution in [1.82, 2.24) is 5.32 Å². The number of benzene rings is 2. The number of carbonyl (C=O) groups is 1. The quantitative estimate of drug-likeness (QED) is 0.566. The highest BCUT2D eigenvalue weighted by Gasteiger charge is 2.11. The number of carbonyl (C=O) groups excluding carboxylic acids is 1. The predicted molar refractivity (Wildman–Crippen MR) is 93.4 cm³/mol. The molecule has 2 aromatic carbocycles. The fourth-order valence-corrected chi connectivity index (χ4v) is 2.44. The summed E-state index contributed by atoms with van der Waals surface area (Å²) in [7, 11) is 4.80. The van der Waals surface area contributed by atoms with Crippen LogP contribution in [0.1, 0.15) is 15.9 Å². The van der Waals surface area contributed by atoms with Gasteiger partial charge in [0.05, 0.1) is 33.4 Å². The van der Waals surface area contributed by atoms with E-state index in [-0.39, 0.29) is 12.3 Å². The number of nitrogens with one attached hydrogen (secondary N) is 1. The Bertz CT molecular complexity index is 685. The molecule has 5 nitrogen and oxygen atoms in total. The van der Waals surface area contributed by atoms with Gasteiger partial charge in [0.2, 0.25) is 0 Å². The summed E-state index contributed by atoms with van der Waals surface area (Å²) in [6, 6.07) is 13.1. The predicted octanol–water partition coefficient (Wildman–Crippen LogP) is 2.73. The van der Waals surface area contributed by atoms with Crippen molar-refractivity contribution in [1.29, 1.82) is 0 Å². The smallest absolute Gasteiger partial charge is 0.180 e. The van der Waals surface area contributed by atoms with Gasteiger partial charge in [0.1, 0.15) is 5.75 Å². The Morgan fingerprint density at radius 3 is 2.33 bits per heavy atom. The second kappa shape index (κ2) is 8.93. The van der Waals surface area contributed by atoms with Crippen molar-refractivity contribution >= 4 is 5.78 Å². The summed E-state index contributed by atoms with van der Waals surface area (Å²) < 4.78 is 15.7. The number of ether oxygens (including phenoxy) is 3. The van der Waals surface area contributed by atoms with Gasteiger partial charge in [0.25, 0.3) is 0 Å². The lowest BCUT2D eigenvalue weighted by atomic mass is 10.1. The fourth-order valence-electron chi connectivity index (χ4n) is 2.44. The maximum absolute atomic E-state index is 12.2. The van der Waals surface area contributed by atoms with Crippen molar-refractivity contribution < 1.29 is 19.0 Å². The molecule has 128 valence electrons. The minimum Gasteiger partial charge on any atom is -0.496 e. The molecule has 0 aliphatic heterocycles. The Hall–Kier alpha value is -2.53. The first-order valence-electron chi connectivity index (χ1n) is 7.77. The molecular weight excluding hydrogens is 306 g/mol. The maximum Gasteiger partial charge on any atom is 0.180 e. The molecule has 0 saturated heterocycles. The van der Waals surface area contributed by atoms with Crippen LogP contribution in [0.5, 0.6) is 17.2 Å². The third-order valence-electron chi connectivity index (χ3n) is 3.73. The van der Waals surface area contributed by atoms with Crippen molar-refractivity contribution in [3.63, 3.8) is 0 Å². The number of hydrogen-bond donors (Lipinski definition) is 1. The Morgan fingerprint density at radius 1 is 0.917 bits per heavy atom. The first kappa shape index (κ1) is 17.8. The molecule has 0 spiro atoms. The van der Waals surface area contributed by atoms with Gasteiger partial charge in [0, 0.05) is 0 Å². The summed E-state index contributed by atoms with van der Waals surface area (Å²) in [5, 5.41) is 3.17. The molecule has 2 aromatic rings. The number of para-hydroxylation sites is 1. The molecule has 0 radical (unpaired) electrons. The van der Waals surface area contributed by atoms with Crippen LogP contribution in [0.3, 0.4) is 0 Å². The summed E-state index contributed by atoms with van der Waals surface area (Å²) in [6.07, 6.45) is 0.791. The zero-order valence-corrected chi connectivity index (χ0v) is 14.3. The lowest BCUT2D eigenvalue weighted by Crippen LogP contribution is -2.25. The molecule has 1 N–H and O–H groups in total. The van der Waals surface area contributed by atoms with E-state index in [9.17, 15) is 4.79 Å². The third kappa shape index (κ3) is 4.49. The van der Waals surface area contributed by atoms with Gasteiger partial charge < -0.3 is 19.5 Å². The van der Waals surface area contributed by atoms with E-state index in [2.05, 4.69) is 5.32 Å². The van der Waals surface area contributed by atoms with Gasteiger partial charge in [-0.15, -0.1) is 0 Å². The van der Waals surface area contributed by atoms with E-state index in [1.807, 2.05) is 30.3 Å². The highest BCUT2D eigenvalue weighted by atomic mass is 16.5. The standard InChI is InChI=1S/C19H23NO4/c1-22-17-7-5-4-6-15(17)16(21)13-20-11-10-14-8-9-18(23-2)19(12-14)24-3/h4-9,12,20H,10-11,13H2,1-3H3. The average Bonchev–Trinajstić information content (AvgIpc) is 2.64. The SMILES string of the molecule is COc1ccc(CCNCC(=O)c2ccccc2OC)cc1OC. The molecule has 0 atom stereocenters. The average molecular weight is 329 g/mol. The fraction of sp³-hybridized carbons (Fsp3) is 0.316. The van der Waals surface area contributed by atoms with Crippen molar-refractivity contribution in [2.75, 3.05) is 34.4 Å². The Labute approximate surface area is 142 Å². The van der Waals surface area contributed by atoms with Gasteiger partial charge in [-0.25, -0.2) is 0 Å². The van der Waals surface area contributed by atoms with Gasteiger partial charge in [-0.1, -0.05) is 18.2 Å². The van der Waals surface area contributed by atoms with Crippen LogP contribution < -0.4 is 19.5 Å². The molecule has 5 heteroatoms. The zero-order chi connectivity index (χ0) is 17.4. The summed E-state index contributed by atoms with van der Waals surface area (Å²) in [5.74, 6) is 2.03. The first-order valence-corrected chi connectivity index (χ1v) is 7.77. The number of hydrogen-bond acceptors (Lipinski definition) is 5. The molecule has 0 aromatic heterocycles. The molecule has 0 bridgehead atoms. The lowest BCUT2D eigenvalue weighted by molar-refractivity contribution is 0.0988. The lowest BCUT2D eigenvalue weighted by Gasteiger charge is -2.10. The Balaban J connectivity index is 1.85. The second-order valence-electron chi connectivity index (χ2n) is 5.24. The van der Waals surface area contributed by atoms with Crippen molar-refractivity contribution in [3.05, 3.63) is 53.6 Å². The highest BCUT2D eigenvalue weighted by Crippen LogP contribution is 2.27. The number of methoxy groups -OCH3 is 3. The monoisotopic (exact) mass is 329 g/mol. The van der Waals surface area contributed by atoms with E-state index in [4.69, 9.17) is 14.2 Å². The van der Waals surface area contributed by atoms with Crippen LogP contribution >= 0.6 is 0 Å². The van der Waals surface area contributed by atoms with E-state index >= 15 is 0 Å². The summed E-state index contributed by atoms with van der Waals surface area (Å²) in [5.41, 5.74) is 1.71. The topological polar surface area (TPSA) is 56.8 Å². The van der Waals surface area contributed by atoms with Gasteiger partial charge >= 0.3 is 0 Å². The Morgan fingerprint density at radius 2 is 1.62 bits per heavy atom. The van der Waals surface area contributed by atoms with Crippen molar-refractivity contribution in [2.24, 2.45) is 0 Å². The summed E-state index contributed by atoms with van der Waals surface area (Å²) in [6.45, 7) is 0.962. The van der Waals surface area contributed by atoms with Crippen LogP contribution in [0.2, 0.25) is 0 Å². The molecule has 0 fully saturated rings. The molecule has 0 aliphatic rings. The molecule has 0 unspecified atom stereocenters. The highest BCUT2D eigenvalue weighted by molar-refractivity contribution is 6.00. The minimum absolute atomic E-state index is 0.0137. The summed E-state index contributed by atoms with van der Waals surface area (Å²) >= 11 is 0. The molecule has 0 aliphatic carbocycles. The van der Waals surface area contributed by atoms with Crippen molar-refractivity contribution in [3.8, 4) is 17.2 Å². The third-order valence-corrected chi connectivity index (χ3v) is 3.73. The van der Waals surface area contributed by atoms with Crippen LogP contribution in [0, 0.1) is 0 Å². The maximum atomic E-state index is 12.2. The van der Waals surface area contributed by atoms with E-state index in [0.717, 1.165) is 12.0 Å². The molecule has 0 saturated carbocycles. The van der Waals surface area contributed by atoms with Gasteiger partial charge in [-0.3, -0.25) is 4.79 Å². The molecule has 0 heterocycles. The van der Waals surface area contributed by atoms with Crippen LogP contribution in [0.4, 0.5) is 0 Å². The largest absolute Gasteiger partial charge is 0.496 e. The van der Waals surface area contributed by atoms with Gasteiger partial charge in [-0.05, 0) is 42.8 Å². The number of Topliss-reactive ketones (excluding diaryl/α,β-unsaturated/α-hetero) is 1. The molecular formula is C19H23NO4. The van der Waals surface area contributed by atoms with Crippen molar-refractivity contribution in [2.45, 2.75) is 6.42 Å². The van der Waals surface area contributed by atoms with E-state index in [1.165, 1.54) is 0 Å².